The number of anilines is 1. The van der Waals surface area contributed by atoms with Crippen molar-refractivity contribution in [3.63, 3.8) is 0 Å². The van der Waals surface area contributed by atoms with Crippen LogP contribution in [0.3, 0.4) is 0 Å². The van der Waals surface area contributed by atoms with E-state index in [1.165, 1.54) is 0 Å². The predicted molar refractivity (Wildman–Crippen MR) is 50.6 cm³/mol. The minimum atomic E-state index is 0.123. The Morgan fingerprint density at radius 1 is 1.43 bits per heavy atom. The molecule has 2 aromatic rings. The Morgan fingerprint density at radius 2 is 2.21 bits per heavy atom. The molecule has 0 aliphatic rings. The molecule has 1 amide bonds. The van der Waals surface area contributed by atoms with Crippen molar-refractivity contribution >= 4 is 23.1 Å². The topological polar surface area (TPSA) is 66.0 Å². The minimum absolute atomic E-state index is 0.123. The zero-order chi connectivity index (χ0) is 9.97. The Labute approximate surface area is 79.7 Å². The number of furan rings is 1. The zero-order valence-electron chi connectivity index (χ0n) is 7.15. The van der Waals surface area contributed by atoms with Gasteiger partial charge in [-0.05, 0) is 12.1 Å². The van der Waals surface area contributed by atoms with Gasteiger partial charge < -0.3 is 9.73 Å². The first kappa shape index (κ1) is 8.32. The standard InChI is InChI=1S/C10H6N2O2/c11-5-9-10(12-6-13)7-3-1-2-4-8(7)14-9/h1-4,6H,(H,12,13). The molecular weight excluding hydrogens is 180 g/mol. The molecule has 0 saturated carbocycles. The first-order valence-corrected chi connectivity index (χ1v) is 3.98. The molecule has 0 spiro atoms. The third kappa shape index (κ3) is 1.12. The van der Waals surface area contributed by atoms with Gasteiger partial charge in [-0.25, -0.2) is 0 Å². The number of carbonyl (C=O) groups is 1. The number of rotatable bonds is 2. The van der Waals surface area contributed by atoms with Crippen LogP contribution in [-0.2, 0) is 4.79 Å². The van der Waals surface area contributed by atoms with Crippen molar-refractivity contribution in [2.75, 3.05) is 5.32 Å². The molecule has 4 nitrogen and oxygen atoms in total. The molecule has 1 aromatic carbocycles. The van der Waals surface area contributed by atoms with Crippen molar-refractivity contribution in [2.24, 2.45) is 0 Å². The lowest BCUT2D eigenvalue weighted by Gasteiger charge is -1.92. The third-order valence-electron chi connectivity index (χ3n) is 1.90. The summed E-state index contributed by atoms with van der Waals surface area (Å²) in [6, 6.07) is 9.02. The number of hydrogen-bond donors (Lipinski definition) is 1. The highest BCUT2D eigenvalue weighted by Crippen LogP contribution is 2.29. The van der Waals surface area contributed by atoms with Gasteiger partial charge in [-0.2, -0.15) is 5.26 Å². The Hall–Kier alpha value is -2.28. The second-order valence-corrected chi connectivity index (χ2v) is 2.68. The molecule has 4 heteroatoms. The quantitative estimate of drug-likeness (QED) is 0.728. The summed E-state index contributed by atoms with van der Waals surface area (Å²) in [7, 11) is 0. The zero-order valence-corrected chi connectivity index (χ0v) is 7.15. The maximum Gasteiger partial charge on any atom is 0.228 e. The number of carbonyl (C=O) groups excluding carboxylic acids is 1. The van der Waals surface area contributed by atoms with Crippen LogP contribution in [0.4, 0.5) is 5.69 Å². The number of nitrogens with zero attached hydrogens (tertiary/aromatic N) is 1. The molecule has 1 heterocycles. The molecule has 2 rings (SSSR count). The largest absolute Gasteiger partial charge is 0.443 e. The maximum atomic E-state index is 10.3. The van der Waals surface area contributed by atoms with Gasteiger partial charge in [0.25, 0.3) is 0 Å². The van der Waals surface area contributed by atoms with E-state index in [0.29, 0.717) is 17.7 Å². The normalized spacial score (nSPS) is 9.64. The Kier molecular flexibility index (Phi) is 1.92. The average Bonchev–Trinajstić information content (AvgIpc) is 2.58. The van der Waals surface area contributed by atoms with Crippen LogP contribution in [0.15, 0.2) is 28.7 Å². The molecule has 0 fully saturated rings. The number of fused-ring (bicyclic) bond motifs is 1. The number of benzene rings is 1. The van der Waals surface area contributed by atoms with E-state index in [2.05, 4.69) is 5.32 Å². The molecule has 0 aliphatic heterocycles. The van der Waals surface area contributed by atoms with Gasteiger partial charge in [-0.1, -0.05) is 12.1 Å². The van der Waals surface area contributed by atoms with Crippen molar-refractivity contribution in [3.8, 4) is 6.07 Å². The summed E-state index contributed by atoms with van der Waals surface area (Å²) in [4.78, 5) is 10.3. The smallest absolute Gasteiger partial charge is 0.228 e. The second kappa shape index (κ2) is 3.23. The highest BCUT2D eigenvalue weighted by atomic mass is 16.3. The van der Waals surface area contributed by atoms with E-state index in [1.807, 2.05) is 12.1 Å². The number of amides is 1. The summed E-state index contributed by atoms with van der Waals surface area (Å²) in [6.45, 7) is 0. The average molecular weight is 186 g/mol. The van der Waals surface area contributed by atoms with Crippen LogP contribution in [-0.4, -0.2) is 6.41 Å². The first-order valence-electron chi connectivity index (χ1n) is 3.98. The molecule has 0 bridgehead atoms. The molecule has 0 aliphatic carbocycles. The molecule has 68 valence electrons. The lowest BCUT2D eigenvalue weighted by atomic mass is 10.2. The number of nitrogens with one attached hydrogen (secondary N) is 1. The lowest BCUT2D eigenvalue weighted by Crippen LogP contribution is -1.93. The summed E-state index contributed by atoms with van der Waals surface area (Å²) >= 11 is 0. The Morgan fingerprint density at radius 3 is 2.93 bits per heavy atom. The van der Waals surface area contributed by atoms with Crippen molar-refractivity contribution in [1.29, 1.82) is 5.26 Å². The van der Waals surface area contributed by atoms with E-state index in [-0.39, 0.29) is 5.76 Å². The number of para-hydroxylation sites is 1. The molecule has 0 unspecified atom stereocenters. The fourth-order valence-corrected chi connectivity index (χ4v) is 1.33. The molecule has 0 radical (unpaired) electrons. The number of hydrogen-bond acceptors (Lipinski definition) is 3. The summed E-state index contributed by atoms with van der Waals surface area (Å²) in [5, 5.41) is 11.9. The molecule has 1 N–H and O–H groups in total. The van der Waals surface area contributed by atoms with E-state index in [1.54, 1.807) is 18.2 Å². The van der Waals surface area contributed by atoms with Crippen molar-refractivity contribution in [3.05, 3.63) is 30.0 Å². The summed E-state index contributed by atoms with van der Waals surface area (Å²) in [6.07, 6.45) is 0.526. The van der Waals surface area contributed by atoms with Gasteiger partial charge in [0, 0.05) is 5.39 Å². The highest BCUT2D eigenvalue weighted by Gasteiger charge is 2.11. The van der Waals surface area contributed by atoms with Gasteiger partial charge in [0.05, 0.1) is 0 Å². The molecule has 14 heavy (non-hydrogen) atoms. The van der Waals surface area contributed by atoms with Crippen LogP contribution >= 0.6 is 0 Å². The first-order chi connectivity index (χ1) is 6.86. The Balaban J connectivity index is 2.75. The Bertz CT molecular complexity index is 522. The monoisotopic (exact) mass is 186 g/mol. The van der Waals surface area contributed by atoms with Gasteiger partial charge in [-0.3, -0.25) is 4.79 Å². The van der Waals surface area contributed by atoms with E-state index >= 15 is 0 Å². The maximum absolute atomic E-state index is 10.3. The molecule has 0 saturated heterocycles. The van der Waals surface area contributed by atoms with Gasteiger partial charge >= 0.3 is 0 Å². The van der Waals surface area contributed by atoms with Crippen molar-refractivity contribution in [2.45, 2.75) is 0 Å². The number of nitriles is 1. The van der Waals surface area contributed by atoms with Crippen LogP contribution < -0.4 is 5.32 Å². The van der Waals surface area contributed by atoms with Gasteiger partial charge in [-0.15, -0.1) is 0 Å². The van der Waals surface area contributed by atoms with E-state index in [9.17, 15) is 4.79 Å². The summed E-state index contributed by atoms with van der Waals surface area (Å²) in [5.74, 6) is 0.123. The van der Waals surface area contributed by atoms with Crippen LogP contribution in [0.5, 0.6) is 0 Å². The SMILES string of the molecule is N#Cc1oc2ccccc2c1NC=O. The fraction of sp³-hybridized carbons (Fsp3) is 0. The fourth-order valence-electron chi connectivity index (χ4n) is 1.33. The van der Waals surface area contributed by atoms with Crippen LogP contribution in [0.2, 0.25) is 0 Å². The van der Waals surface area contributed by atoms with E-state index in [0.717, 1.165) is 5.39 Å². The van der Waals surface area contributed by atoms with Crippen molar-refractivity contribution < 1.29 is 9.21 Å². The predicted octanol–water partition coefficient (Wildman–Crippen LogP) is 1.87. The van der Waals surface area contributed by atoms with Gasteiger partial charge in [0.1, 0.15) is 17.3 Å². The van der Waals surface area contributed by atoms with Gasteiger partial charge in [0.2, 0.25) is 12.2 Å². The highest BCUT2D eigenvalue weighted by molar-refractivity contribution is 5.97. The van der Waals surface area contributed by atoms with Crippen LogP contribution in [0, 0.1) is 11.3 Å². The summed E-state index contributed by atoms with van der Waals surface area (Å²) < 4.78 is 5.22. The summed E-state index contributed by atoms with van der Waals surface area (Å²) in [5.41, 5.74) is 1.02. The lowest BCUT2D eigenvalue weighted by molar-refractivity contribution is -0.105. The second-order valence-electron chi connectivity index (χ2n) is 2.68. The molecule has 1 aromatic heterocycles. The molecular formula is C10H6N2O2. The van der Waals surface area contributed by atoms with E-state index < -0.39 is 0 Å². The van der Waals surface area contributed by atoms with Crippen LogP contribution in [0.1, 0.15) is 5.76 Å². The third-order valence-corrected chi connectivity index (χ3v) is 1.90. The van der Waals surface area contributed by atoms with E-state index in [4.69, 9.17) is 9.68 Å². The van der Waals surface area contributed by atoms with Gasteiger partial charge in [0.15, 0.2) is 0 Å². The van der Waals surface area contributed by atoms with Crippen molar-refractivity contribution in [1.82, 2.24) is 0 Å². The minimum Gasteiger partial charge on any atom is -0.443 e. The van der Waals surface area contributed by atoms with Crippen LogP contribution in [0.25, 0.3) is 11.0 Å². The molecule has 0 atom stereocenters.